The van der Waals surface area contributed by atoms with Gasteiger partial charge in [0.25, 0.3) is 0 Å². The van der Waals surface area contributed by atoms with E-state index in [0.29, 0.717) is 0 Å². The van der Waals surface area contributed by atoms with Crippen LogP contribution in [0.3, 0.4) is 0 Å². The van der Waals surface area contributed by atoms with Crippen molar-refractivity contribution in [2.24, 2.45) is 10.2 Å². The van der Waals surface area contributed by atoms with E-state index in [0.717, 1.165) is 62.8 Å². The van der Waals surface area contributed by atoms with Crippen LogP contribution in [0, 0.1) is 0 Å². The van der Waals surface area contributed by atoms with Crippen LogP contribution in [0.1, 0.15) is 98.2 Å². The van der Waals surface area contributed by atoms with Gasteiger partial charge in [-0.2, -0.15) is 10.2 Å². The minimum Gasteiger partial charge on any atom is -0.446 e. The smallest absolute Gasteiger partial charge is 0.307 e. The number of hydrogen-bond acceptors (Lipinski definition) is 5. The quantitative estimate of drug-likeness (QED) is 0.613. The summed E-state index contributed by atoms with van der Waals surface area (Å²) in [7, 11) is 0. The molecule has 7 heteroatoms. The Labute approximate surface area is 159 Å². The van der Waals surface area contributed by atoms with Gasteiger partial charge in [-0.3, -0.25) is 9.59 Å². The van der Waals surface area contributed by atoms with E-state index in [1.165, 1.54) is 37.8 Å². The van der Waals surface area contributed by atoms with Crippen LogP contribution >= 0.6 is 0 Å². The molecule has 0 unspecified atom stereocenters. The number of nitrogens with one attached hydrogen (secondary N) is 2. The van der Waals surface area contributed by atoms with Gasteiger partial charge in [0, 0.05) is 11.4 Å². The molecular weight excluding hydrogens is 344 g/mol. The molecule has 27 heavy (non-hydrogen) atoms. The summed E-state index contributed by atoms with van der Waals surface area (Å²) in [6.07, 6.45) is 13.0. The minimum atomic E-state index is -0.444. The lowest BCUT2D eigenvalue weighted by molar-refractivity contribution is 0.0902. The summed E-state index contributed by atoms with van der Waals surface area (Å²) in [6, 6.07) is 2.96. The Morgan fingerprint density at radius 3 is 1.41 bits per heavy atom. The van der Waals surface area contributed by atoms with Gasteiger partial charge in [0.15, 0.2) is 11.5 Å². The van der Waals surface area contributed by atoms with Gasteiger partial charge in [0.2, 0.25) is 0 Å². The topological polar surface area (TPSA) is 96.1 Å². The molecule has 2 fully saturated rings. The van der Waals surface area contributed by atoms with Crippen molar-refractivity contribution in [3.63, 3.8) is 0 Å². The number of amides is 2. The summed E-state index contributed by atoms with van der Waals surface area (Å²) >= 11 is 0. The molecule has 2 saturated carbocycles. The van der Waals surface area contributed by atoms with E-state index >= 15 is 0 Å². The molecule has 0 spiro atoms. The zero-order chi connectivity index (χ0) is 18.9. The van der Waals surface area contributed by atoms with Crippen molar-refractivity contribution in [2.75, 3.05) is 0 Å². The maximum absolute atomic E-state index is 12.2. The van der Waals surface area contributed by atoms with Gasteiger partial charge < -0.3 is 4.42 Å². The normalized spacial score (nSPS) is 18.2. The van der Waals surface area contributed by atoms with Crippen molar-refractivity contribution in [1.82, 2.24) is 10.9 Å². The Morgan fingerprint density at radius 1 is 0.667 bits per heavy atom. The molecule has 2 amide bonds. The van der Waals surface area contributed by atoms with Gasteiger partial charge in [-0.15, -0.1) is 0 Å². The van der Waals surface area contributed by atoms with Crippen molar-refractivity contribution in [3.8, 4) is 0 Å². The third kappa shape index (κ3) is 6.05. The standard InChI is InChI=1S/C20H28N4O3/c25-19(23-21-15-9-5-1-2-6-10-15)17-13-14-18(27-17)20(26)24-22-16-11-7-3-4-8-12-16/h13-14H,1-12H2,(H,23,25)(H,24,26). The molecule has 146 valence electrons. The van der Waals surface area contributed by atoms with Crippen LogP contribution in [0.2, 0.25) is 0 Å². The molecule has 1 heterocycles. The lowest BCUT2D eigenvalue weighted by Gasteiger charge is -2.03. The van der Waals surface area contributed by atoms with E-state index in [9.17, 15) is 9.59 Å². The summed E-state index contributed by atoms with van der Waals surface area (Å²) in [5.74, 6) is -0.748. The highest BCUT2D eigenvalue weighted by Crippen LogP contribution is 2.16. The van der Waals surface area contributed by atoms with Crippen molar-refractivity contribution < 1.29 is 14.0 Å². The van der Waals surface area contributed by atoms with E-state index < -0.39 is 11.8 Å². The predicted molar refractivity (Wildman–Crippen MR) is 104 cm³/mol. The first-order chi connectivity index (χ1) is 13.2. The molecule has 7 nitrogen and oxygen atoms in total. The third-order valence-corrected chi connectivity index (χ3v) is 5.05. The molecule has 2 aliphatic rings. The molecule has 0 radical (unpaired) electrons. The minimum absolute atomic E-state index is 0.0697. The largest absolute Gasteiger partial charge is 0.446 e. The van der Waals surface area contributed by atoms with Gasteiger partial charge in [-0.1, -0.05) is 25.7 Å². The SMILES string of the molecule is O=C(NN=C1CCCCCC1)c1ccc(C(=O)NN=C2CCCCCC2)o1. The molecule has 1 aromatic heterocycles. The van der Waals surface area contributed by atoms with Crippen molar-refractivity contribution in [3.05, 3.63) is 23.7 Å². The van der Waals surface area contributed by atoms with Crippen molar-refractivity contribution >= 4 is 23.2 Å². The summed E-state index contributed by atoms with van der Waals surface area (Å²) < 4.78 is 5.37. The van der Waals surface area contributed by atoms with Gasteiger partial charge in [0.1, 0.15) is 0 Å². The van der Waals surface area contributed by atoms with E-state index in [1.807, 2.05) is 0 Å². The molecule has 2 aliphatic carbocycles. The number of rotatable bonds is 4. The average Bonchev–Trinajstić information content (AvgIpc) is 2.86. The van der Waals surface area contributed by atoms with Crippen LogP contribution in [0.15, 0.2) is 26.8 Å². The van der Waals surface area contributed by atoms with Crippen LogP contribution < -0.4 is 10.9 Å². The fourth-order valence-corrected chi connectivity index (χ4v) is 3.45. The maximum Gasteiger partial charge on any atom is 0.307 e. The second-order valence-electron chi connectivity index (χ2n) is 7.23. The molecule has 3 rings (SSSR count). The summed E-state index contributed by atoms with van der Waals surface area (Å²) in [4.78, 5) is 24.4. The predicted octanol–water partition coefficient (Wildman–Crippen LogP) is 4.16. The van der Waals surface area contributed by atoms with Gasteiger partial charge in [0.05, 0.1) is 0 Å². The molecule has 1 aromatic rings. The molecule has 0 aromatic carbocycles. The highest BCUT2D eigenvalue weighted by Gasteiger charge is 2.16. The Bertz CT molecular complexity index is 642. The molecular formula is C20H28N4O3. The third-order valence-electron chi connectivity index (χ3n) is 5.05. The first-order valence-corrected chi connectivity index (χ1v) is 10.0. The summed E-state index contributed by atoms with van der Waals surface area (Å²) in [5.41, 5.74) is 7.11. The highest BCUT2D eigenvalue weighted by atomic mass is 16.4. The first-order valence-electron chi connectivity index (χ1n) is 10.0. The van der Waals surface area contributed by atoms with Crippen LogP contribution in [-0.2, 0) is 0 Å². The monoisotopic (exact) mass is 372 g/mol. The zero-order valence-corrected chi connectivity index (χ0v) is 15.8. The maximum atomic E-state index is 12.2. The number of furan rings is 1. The molecule has 0 bridgehead atoms. The van der Waals surface area contributed by atoms with Crippen molar-refractivity contribution in [1.29, 1.82) is 0 Å². The molecule has 2 N–H and O–H groups in total. The second kappa shape index (κ2) is 10.0. The van der Waals surface area contributed by atoms with Gasteiger partial charge >= 0.3 is 11.8 Å². The average molecular weight is 372 g/mol. The van der Waals surface area contributed by atoms with Crippen LogP contribution in [0.5, 0.6) is 0 Å². The summed E-state index contributed by atoms with van der Waals surface area (Å²) in [5, 5.41) is 8.43. The number of nitrogens with zero attached hydrogens (tertiary/aromatic N) is 2. The lowest BCUT2D eigenvalue weighted by Crippen LogP contribution is -2.20. The fourth-order valence-electron chi connectivity index (χ4n) is 3.45. The molecule has 0 saturated heterocycles. The van der Waals surface area contributed by atoms with E-state index in [-0.39, 0.29) is 11.5 Å². The fraction of sp³-hybridized carbons (Fsp3) is 0.600. The summed E-state index contributed by atoms with van der Waals surface area (Å²) in [6.45, 7) is 0. The number of carbonyl (C=O) groups is 2. The number of hydrazone groups is 2. The second-order valence-corrected chi connectivity index (χ2v) is 7.23. The van der Waals surface area contributed by atoms with Gasteiger partial charge in [-0.05, 0) is 63.5 Å². The Balaban J connectivity index is 1.53. The molecule has 0 aliphatic heterocycles. The highest BCUT2D eigenvalue weighted by molar-refractivity contribution is 5.97. The number of carbonyl (C=O) groups excluding carboxylic acids is 2. The van der Waals surface area contributed by atoms with Gasteiger partial charge in [-0.25, -0.2) is 10.9 Å². The van der Waals surface area contributed by atoms with E-state index in [4.69, 9.17) is 4.42 Å². The van der Waals surface area contributed by atoms with Crippen LogP contribution in [0.4, 0.5) is 0 Å². The van der Waals surface area contributed by atoms with Crippen molar-refractivity contribution in [2.45, 2.75) is 77.0 Å². The lowest BCUT2D eigenvalue weighted by atomic mass is 10.2. The Hall–Kier alpha value is -2.44. The Kier molecular flexibility index (Phi) is 7.19. The van der Waals surface area contributed by atoms with Crippen LogP contribution in [-0.4, -0.2) is 23.2 Å². The molecule has 0 atom stereocenters. The number of hydrogen-bond donors (Lipinski definition) is 2. The van der Waals surface area contributed by atoms with Crippen LogP contribution in [0.25, 0.3) is 0 Å². The first kappa shape index (κ1) is 19.3. The van der Waals surface area contributed by atoms with E-state index in [1.54, 1.807) is 0 Å². The zero-order valence-electron chi connectivity index (χ0n) is 15.8. The van der Waals surface area contributed by atoms with E-state index in [2.05, 4.69) is 21.1 Å². The Morgan fingerprint density at radius 2 is 1.04 bits per heavy atom.